The number of β-amino-alcohol motifs (C(OH)–C–C–N with tert-alkyl or cyclic N) is 1. The summed E-state index contributed by atoms with van der Waals surface area (Å²) in [6.07, 6.45) is 4.44. The Morgan fingerprint density at radius 1 is 1.46 bits per heavy atom. The van der Waals surface area contributed by atoms with Crippen LogP contribution in [0, 0.1) is 0 Å². The molecule has 0 saturated carbocycles. The fourth-order valence-corrected chi connectivity index (χ4v) is 1.31. The molecule has 4 nitrogen and oxygen atoms in total. The van der Waals surface area contributed by atoms with Crippen LogP contribution in [-0.4, -0.2) is 34.3 Å². The van der Waals surface area contributed by atoms with Gasteiger partial charge in [-0.2, -0.15) is 0 Å². The minimum atomic E-state index is -0.200. The standard InChI is InChI=1S/C9H13N3O/c1-2-7-3-10-9(11-4-7)12-5-8(13)6-12/h3-4,8,13H,2,5-6H2,1H3. The number of aryl methyl sites for hydroxylation is 1. The Morgan fingerprint density at radius 3 is 2.54 bits per heavy atom. The molecule has 0 unspecified atom stereocenters. The molecule has 1 aliphatic rings. The van der Waals surface area contributed by atoms with Gasteiger partial charge in [0.15, 0.2) is 0 Å². The van der Waals surface area contributed by atoms with Crippen molar-refractivity contribution in [3.63, 3.8) is 0 Å². The second-order valence-electron chi connectivity index (χ2n) is 3.30. The maximum absolute atomic E-state index is 9.08. The average molecular weight is 179 g/mol. The Morgan fingerprint density at radius 2 is 2.08 bits per heavy atom. The van der Waals surface area contributed by atoms with Crippen LogP contribution in [0.5, 0.6) is 0 Å². The van der Waals surface area contributed by atoms with E-state index >= 15 is 0 Å². The van der Waals surface area contributed by atoms with Crippen molar-refractivity contribution in [2.45, 2.75) is 19.4 Å². The summed E-state index contributed by atoms with van der Waals surface area (Å²) in [6.45, 7) is 3.39. The van der Waals surface area contributed by atoms with Gasteiger partial charge in [-0.15, -0.1) is 0 Å². The third-order valence-corrected chi connectivity index (χ3v) is 2.25. The van der Waals surface area contributed by atoms with E-state index < -0.39 is 0 Å². The van der Waals surface area contributed by atoms with Crippen LogP contribution < -0.4 is 4.90 Å². The monoisotopic (exact) mass is 179 g/mol. The minimum absolute atomic E-state index is 0.200. The summed E-state index contributed by atoms with van der Waals surface area (Å²) < 4.78 is 0. The molecule has 70 valence electrons. The van der Waals surface area contributed by atoms with Crippen molar-refractivity contribution in [3.8, 4) is 0 Å². The van der Waals surface area contributed by atoms with Crippen LogP contribution in [0.15, 0.2) is 12.4 Å². The predicted octanol–water partition coefficient (Wildman–Crippen LogP) is 0.220. The highest BCUT2D eigenvalue weighted by atomic mass is 16.3. The van der Waals surface area contributed by atoms with Crippen molar-refractivity contribution in [3.05, 3.63) is 18.0 Å². The molecule has 0 amide bonds. The predicted molar refractivity (Wildman–Crippen MR) is 49.6 cm³/mol. The lowest BCUT2D eigenvalue weighted by Gasteiger charge is -2.35. The van der Waals surface area contributed by atoms with E-state index in [1.807, 2.05) is 17.3 Å². The fourth-order valence-electron chi connectivity index (χ4n) is 1.31. The van der Waals surface area contributed by atoms with Gasteiger partial charge in [0, 0.05) is 25.5 Å². The van der Waals surface area contributed by atoms with Gasteiger partial charge in [-0.25, -0.2) is 9.97 Å². The first kappa shape index (κ1) is 8.44. The highest BCUT2D eigenvalue weighted by molar-refractivity contribution is 5.34. The van der Waals surface area contributed by atoms with Crippen molar-refractivity contribution in [2.75, 3.05) is 18.0 Å². The first-order valence-corrected chi connectivity index (χ1v) is 4.53. The molecule has 13 heavy (non-hydrogen) atoms. The maximum atomic E-state index is 9.08. The van der Waals surface area contributed by atoms with Gasteiger partial charge >= 0.3 is 0 Å². The Kier molecular flexibility index (Phi) is 2.14. The lowest BCUT2D eigenvalue weighted by atomic mass is 10.2. The quantitative estimate of drug-likeness (QED) is 0.705. The summed E-state index contributed by atoms with van der Waals surface area (Å²) in [6, 6.07) is 0. The normalized spacial score (nSPS) is 17.2. The molecule has 2 rings (SSSR count). The topological polar surface area (TPSA) is 49.2 Å². The van der Waals surface area contributed by atoms with Crippen LogP contribution in [0.2, 0.25) is 0 Å². The number of aliphatic hydroxyl groups is 1. The number of anilines is 1. The van der Waals surface area contributed by atoms with Gasteiger partial charge in [-0.1, -0.05) is 6.92 Å². The largest absolute Gasteiger partial charge is 0.389 e. The zero-order valence-corrected chi connectivity index (χ0v) is 7.64. The summed E-state index contributed by atoms with van der Waals surface area (Å²) in [5.41, 5.74) is 1.14. The van der Waals surface area contributed by atoms with Crippen molar-refractivity contribution in [1.29, 1.82) is 0 Å². The van der Waals surface area contributed by atoms with Gasteiger partial charge in [-0.05, 0) is 12.0 Å². The minimum Gasteiger partial charge on any atom is -0.389 e. The Hall–Kier alpha value is -1.16. The van der Waals surface area contributed by atoms with Crippen molar-refractivity contribution in [1.82, 2.24) is 9.97 Å². The molecule has 1 fully saturated rings. The van der Waals surface area contributed by atoms with E-state index in [9.17, 15) is 0 Å². The molecule has 1 aromatic rings. The smallest absolute Gasteiger partial charge is 0.225 e. The second kappa shape index (κ2) is 3.30. The van der Waals surface area contributed by atoms with Gasteiger partial charge in [0.25, 0.3) is 0 Å². The van der Waals surface area contributed by atoms with E-state index in [0.29, 0.717) is 13.1 Å². The summed E-state index contributed by atoms with van der Waals surface area (Å²) in [5.74, 6) is 0.725. The molecular formula is C9H13N3O. The molecule has 1 aromatic heterocycles. The summed E-state index contributed by atoms with van der Waals surface area (Å²) >= 11 is 0. The highest BCUT2D eigenvalue weighted by Gasteiger charge is 2.26. The molecule has 0 spiro atoms. The molecule has 0 aliphatic carbocycles. The molecule has 2 heterocycles. The van der Waals surface area contributed by atoms with Crippen LogP contribution in [-0.2, 0) is 6.42 Å². The first-order chi connectivity index (χ1) is 6.29. The molecule has 1 N–H and O–H groups in total. The lowest BCUT2D eigenvalue weighted by molar-refractivity contribution is 0.140. The molecule has 4 heteroatoms. The number of hydrogen-bond donors (Lipinski definition) is 1. The van der Waals surface area contributed by atoms with Crippen molar-refractivity contribution >= 4 is 5.95 Å². The van der Waals surface area contributed by atoms with Gasteiger partial charge < -0.3 is 10.0 Å². The van der Waals surface area contributed by atoms with Crippen LogP contribution in [0.4, 0.5) is 5.95 Å². The van der Waals surface area contributed by atoms with Crippen LogP contribution in [0.25, 0.3) is 0 Å². The summed E-state index contributed by atoms with van der Waals surface area (Å²) in [5, 5.41) is 9.08. The highest BCUT2D eigenvalue weighted by Crippen LogP contribution is 2.15. The van der Waals surface area contributed by atoms with Gasteiger partial charge in [0.05, 0.1) is 6.10 Å². The molecule has 0 bridgehead atoms. The van der Waals surface area contributed by atoms with Crippen LogP contribution >= 0.6 is 0 Å². The molecule has 0 radical (unpaired) electrons. The summed E-state index contributed by atoms with van der Waals surface area (Å²) in [7, 11) is 0. The molecule has 1 saturated heterocycles. The Labute approximate surface area is 77.2 Å². The van der Waals surface area contributed by atoms with Gasteiger partial charge in [0.1, 0.15) is 0 Å². The van der Waals surface area contributed by atoms with Crippen LogP contribution in [0.3, 0.4) is 0 Å². The molecule has 0 aromatic carbocycles. The van der Waals surface area contributed by atoms with Crippen molar-refractivity contribution < 1.29 is 5.11 Å². The zero-order valence-electron chi connectivity index (χ0n) is 7.64. The van der Waals surface area contributed by atoms with Crippen molar-refractivity contribution in [2.24, 2.45) is 0 Å². The van der Waals surface area contributed by atoms with E-state index in [4.69, 9.17) is 5.11 Å². The number of nitrogens with zero attached hydrogens (tertiary/aromatic N) is 3. The maximum Gasteiger partial charge on any atom is 0.225 e. The third kappa shape index (κ3) is 1.62. The van der Waals surface area contributed by atoms with Gasteiger partial charge in [0.2, 0.25) is 5.95 Å². The number of hydrogen-bond acceptors (Lipinski definition) is 4. The van der Waals surface area contributed by atoms with E-state index in [2.05, 4.69) is 16.9 Å². The molecular weight excluding hydrogens is 166 g/mol. The second-order valence-corrected chi connectivity index (χ2v) is 3.30. The average Bonchev–Trinajstić information content (AvgIpc) is 2.13. The fraction of sp³-hybridized carbons (Fsp3) is 0.556. The number of aliphatic hydroxyl groups excluding tert-OH is 1. The van der Waals surface area contributed by atoms with Crippen LogP contribution in [0.1, 0.15) is 12.5 Å². The first-order valence-electron chi connectivity index (χ1n) is 4.53. The number of rotatable bonds is 2. The number of aromatic nitrogens is 2. The third-order valence-electron chi connectivity index (χ3n) is 2.25. The molecule has 1 aliphatic heterocycles. The van der Waals surface area contributed by atoms with E-state index in [1.165, 1.54) is 0 Å². The van der Waals surface area contributed by atoms with E-state index in [-0.39, 0.29) is 6.10 Å². The lowest BCUT2D eigenvalue weighted by Crippen LogP contribution is -2.51. The zero-order chi connectivity index (χ0) is 9.26. The SMILES string of the molecule is CCc1cnc(N2CC(O)C2)nc1. The Bertz CT molecular complexity index is 279. The molecule has 0 atom stereocenters. The van der Waals surface area contributed by atoms with Gasteiger partial charge in [-0.3, -0.25) is 0 Å². The Balaban J connectivity index is 2.06. The van der Waals surface area contributed by atoms with E-state index in [0.717, 1.165) is 17.9 Å². The summed E-state index contributed by atoms with van der Waals surface area (Å²) in [4.78, 5) is 10.4. The van der Waals surface area contributed by atoms with E-state index in [1.54, 1.807) is 0 Å².